The molecule has 0 atom stereocenters. The maximum absolute atomic E-state index is 12.0. The van der Waals surface area contributed by atoms with Crippen molar-refractivity contribution in [2.24, 2.45) is 4.99 Å². The lowest BCUT2D eigenvalue weighted by molar-refractivity contribution is 0.0526. The van der Waals surface area contributed by atoms with Gasteiger partial charge in [0.05, 0.1) is 23.6 Å². The summed E-state index contributed by atoms with van der Waals surface area (Å²) in [5.41, 5.74) is 5.46. The molecule has 0 bridgehead atoms. The van der Waals surface area contributed by atoms with Gasteiger partial charge in [-0.1, -0.05) is 26.0 Å². The number of fused-ring (bicyclic) bond motifs is 1. The zero-order valence-corrected chi connectivity index (χ0v) is 14.5. The highest BCUT2D eigenvalue weighted by Crippen LogP contribution is 2.42. The van der Waals surface area contributed by atoms with E-state index in [9.17, 15) is 4.79 Å². The van der Waals surface area contributed by atoms with Crippen molar-refractivity contribution in [2.75, 3.05) is 19.0 Å². The quantitative estimate of drug-likeness (QED) is 0.853. The van der Waals surface area contributed by atoms with Gasteiger partial charge < -0.3 is 10.1 Å². The maximum Gasteiger partial charge on any atom is 0.338 e. The molecule has 0 aromatic heterocycles. The number of nitrogens with one attached hydrogen (secondary N) is 1. The molecule has 1 aliphatic heterocycles. The van der Waals surface area contributed by atoms with Gasteiger partial charge in [-0.15, -0.1) is 0 Å². The Hall–Kier alpha value is -2.62. The van der Waals surface area contributed by atoms with Gasteiger partial charge in [-0.2, -0.15) is 0 Å². The van der Waals surface area contributed by atoms with Crippen LogP contribution in [0.2, 0.25) is 0 Å². The lowest BCUT2D eigenvalue weighted by atomic mass is 9.78. The van der Waals surface area contributed by atoms with Crippen LogP contribution in [0, 0.1) is 0 Å². The number of esters is 1. The van der Waals surface area contributed by atoms with Crippen molar-refractivity contribution in [2.45, 2.75) is 26.2 Å². The van der Waals surface area contributed by atoms with E-state index in [1.165, 1.54) is 0 Å². The lowest BCUT2D eigenvalue weighted by Gasteiger charge is -2.23. The van der Waals surface area contributed by atoms with E-state index in [0.717, 1.165) is 28.2 Å². The number of aliphatic imine (C=N–C) groups is 1. The van der Waals surface area contributed by atoms with Crippen LogP contribution in [-0.4, -0.2) is 25.3 Å². The van der Waals surface area contributed by atoms with E-state index in [1.54, 1.807) is 6.07 Å². The van der Waals surface area contributed by atoms with Crippen LogP contribution in [0.15, 0.2) is 47.5 Å². The molecular weight excluding hydrogens is 300 g/mol. The average molecular weight is 322 g/mol. The average Bonchev–Trinajstić information content (AvgIpc) is 2.86. The molecule has 0 unspecified atom stereocenters. The lowest BCUT2D eigenvalue weighted by Crippen LogP contribution is -2.26. The number of nitrogens with zero attached hydrogens (tertiary/aromatic N) is 1. The molecule has 0 radical (unpaired) electrons. The molecule has 4 nitrogen and oxygen atoms in total. The summed E-state index contributed by atoms with van der Waals surface area (Å²) >= 11 is 0. The fraction of sp³-hybridized carbons (Fsp3) is 0.300. The first-order chi connectivity index (χ1) is 11.5. The van der Waals surface area contributed by atoms with E-state index in [4.69, 9.17) is 9.73 Å². The second-order valence-corrected chi connectivity index (χ2v) is 6.37. The third-order valence-electron chi connectivity index (χ3n) is 4.45. The summed E-state index contributed by atoms with van der Waals surface area (Å²) in [6, 6.07) is 13.8. The van der Waals surface area contributed by atoms with Gasteiger partial charge in [-0.05, 0) is 48.4 Å². The molecule has 0 aliphatic carbocycles. The topological polar surface area (TPSA) is 50.7 Å². The third kappa shape index (κ3) is 2.68. The van der Waals surface area contributed by atoms with Crippen LogP contribution < -0.4 is 5.32 Å². The Morgan fingerprint density at radius 2 is 1.88 bits per heavy atom. The minimum absolute atomic E-state index is 0.265. The molecule has 0 amide bonds. The van der Waals surface area contributed by atoms with Crippen molar-refractivity contribution in [3.63, 3.8) is 0 Å². The van der Waals surface area contributed by atoms with Gasteiger partial charge in [0.1, 0.15) is 0 Å². The van der Waals surface area contributed by atoms with Crippen LogP contribution in [0.3, 0.4) is 0 Å². The summed E-state index contributed by atoms with van der Waals surface area (Å²) in [5, 5.41) is 3.12. The molecule has 1 heterocycles. The molecule has 4 heteroatoms. The number of anilines is 1. The fourth-order valence-electron chi connectivity index (χ4n) is 3.08. The van der Waals surface area contributed by atoms with Gasteiger partial charge in [-0.3, -0.25) is 4.99 Å². The molecule has 0 spiro atoms. The van der Waals surface area contributed by atoms with Crippen molar-refractivity contribution < 1.29 is 9.53 Å². The predicted molar refractivity (Wildman–Crippen MR) is 97.6 cm³/mol. The molecule has 3 rings (SSSR count). The van der Waals surface area contributed by atoms with E-state index in [2.05, 4.69) is 31.3 Å². The van der Waals surface area contributed by atoms with Crippen LogP contribution in [0.4, 0.5) is 11.4 Å². The highest BCUT2D eigenvalue weighted by Gasteiger charge is 2.36. The minimum atomic E-state index is -0.289. The summed E-state index contributed by atoms with van der Waals surface area (Å²) in [4.78, 5) is 16.8. The molecular formula is C20H22N2O2. The minimum Gasteiger partial charge on any atom is -0.462 e. The maximum atomic E-state index is 12.0. The summed E-state index contributed by atoms with van der Waals surface area (Å²) in [6.07, 6.45) is 0. The number of benzene rings is 2. The Balaban J connectivity index is 1.98. The van der Waals surface area contributed by atoms with Gasteiger partial charge >= 0.3 is 5.97 Å². The van der Waals surface area contributed by atoms with Crippen LogP contribution in [0.5, 0.6) is 0 Å². The molecule has 2 aromatic rings. The molecule has 0 saturated heterocycles. The first-order valence-electron chi connectivity index (χ1n) is 8.16. The Kier molecular flexibility index (Phi) is 4.14. The molecule has 24 heavy (non-hydrogen) atoms. The first kappa shape index (κ1) is 16.2. The van der Waals surface area contributed by atoms with Crippen molar-refractivity contribution in [1.82, 2.24) is 0 Å². The SMILES string of the molecule is CCOC(=O)c1ccc2c(c1)C(C)(C)C(c1ccc(NC)cc1)=N2. The van der Waals surface area contributed by atoms with E-state index < -0.39 is 0 Å². The normalized spacial score (nSPS) is 14.8. The Morgan fingerprint density at radius 1 is 1.17 bits per heavy atom. The van der Waals surface area contributed by atoms with Crippen molar-refractivity contribution in [1.29, 1.82) is 0 Å². The van der Waals surface area contributed by atoms with Crippen LogP contribution in [0.25, 0.3) is 0 Å². The van der Waals surface area contributed by atoms with Gasteiger partial charge in [0.2, 0.25) is 0 Å². The monoisotopic (exact) mass is 322 g/mol. The van der Waals surface area contributed by atoms with Crippen LogP contribution in [-0.2, 0) is 10.2 Å². The van der Waals surface area contributed by atoms with Gasteiger partial charge in [0.15, 0.2) is 0 Å². The summed E-state index contributed by atoms with van der Waals surface area (Å²) < 4.78 is 5.11. The van der Waals surface area contributed by atoms with Crippen molar-refractivity contribution in [3.05, 3.63) is 59.2 Å². The molecule has 0 saturated carbocycles. The van der Waals surface area contributed by atoms with E-state index in [1.807, 2.05) is 38.2 Å². The molecule has 124 valence electrons. The standard InChI is InChI=1S/C20H22N2O2/c1-5-24-19(23)14-8-11-17-16(12-14)20(2,3)18(22-17)13-6-9-15(21-4)10-7-13/h6-12,21H,5H2,1-4H3. The fourth-order valence-corrected chi connectivity index (χ4v) is 3.08. The van der Waals surface area contributed by atoms with E-state index >= 15 is 0 Å². The Bertz CT molecular complexity index is 805. The zero-order valence-electron chi connectivity index (χ0n) is 14.5. The molecule has 2 aromatic carbocycles. The molecule has 1 aliphatic rings. The first-order valence-corrected chi connectivity index (χ1v) is 8.16. The third-order valence-corrected chi connectivity index (χ3v) is 4.45. The second-order valence-electron chi connectivity index (χ2n) is 6.37. The Morgan fingerprint density at radius 3 is 2.50 bits per heavy atom. The number of hydrogen-bond acceptors (Lipinski definition) is 4. The van der Waals surface area contributed by atoms with Crippen LogP contribution in [0.1, 0.15) is 42.3 Å². The molecule has 0 fully saturated rings. The van der Waals surface area contributed by atoms with E-state index in [-0.39, 0.29) is 11.4 Å². The largest absolute Gasteiger partial charge is 0.462 e. The number of ether oxygens (including phenoxy) is 1. The highest BCUT2D eigenvalue weighted by molar-refractivity contribution is 6.12. The summed E-state index contributed by atoms with van der Waals surface area (Å²) in [6.45, 7) is 6.46. The number of hydrogen-bond donors (Lipinski definition) is 1. The number of carbonyl (C=O) groups excluding carboxylic acids is 1. The second kappa shape index (κ2) is 6.11. The van der Waals surface area contributed by atoms with Gasteiger partial charge in [0.25, 0.3) is 0 Å². The van der Waals surface area contributed by atoms with Gasteiger partial charge in [-0.25, -0.2) is 4.79 Å². The smallest absolute Gasteiger partial charge is 0.338 e. The number of carbonyl (C=O) groups is 1. The Labute approximate surface area is 142 Å². The highest BCUT2D eigenvalue weighted by atomic mass is 16.5. The van der Waals surface area contributed by atoms with Gasteiger partial charge in [0, 0.05) is 18.2 Å². The van der Waals surface area contributed by atoms with E-state index in [0.29, 0.717) is 12.2 Å². The summed E-state index contributed by atoms with van der Waals surface area (Å²) in [7, 11) is 1.90. The predicted octanol–water partition coefficient (Wildman–Crippen LogP) is 4.32. The number of rotatable bonds is 4. The summed E-state index contributed by atoms with van der Waals surface area (Å²) in [5.74, 6) is -0.289. The zero-order chi connectivity index (χ0) is 17.3. The molecule has 1 N–H and O–H groups in total. The van der Waals surface area contributed by atoms with Crippen LogP contribution >= 0.6 is 0 Å². The van der Waals surface area contributed by atoms with Crippen molar-refractivity contribution >= 4 is 23.1 Å². The van der Waals surface area contributed by atoms with Crippen molar-refractivity contribution in [3.8, 4) is 0 Å².